The molecule has 0 radical (unpaired) electrons. The van der Waals surface area contributed by atoms with Gasteiger partial charge in [0.15, 0.2) is 0 Å². The highest BCUT2D eigenvalue weighted by Gasteiger charge is 2.25. The summed E-state index contributed by atoms with van der Waals surface area (Å²) in [6, 6.07) is 5.46. The number of nitrogens with zero attached hydrogens (tertiary/aromatic N) is 1. The SMILES string of the molecule is Cc1ccc(C(=O)N2CCOC(CN)C2)c(Cl)c1.Cl. The van der Waals surface area contributed by atoms with Gasteiger partial charge in [-0.2, -0.15) is 0 Å². The minimum Gasteiger partial charge on any atom is -0.373 e. The van der Waals surface area contributed by atoms with E-state index in [4.69, 9.17) is 22.1 Å². The van der Waals surface area contributed by atoms with E-state index < -0.39 is 0 Å². The topological polar surface area (TPSA) is 55.6 Å². The Hall–Kier alpha value is -0.810. The monoisotopic (exact) mass is 304 g/mol. The van der Waals surface area contributed by atoms with E-state index in [1.165, 1.54) is 0 Å². The van der Waals surface area contributed by atoms with Crippen molar-refractivity contribution in [2.45, 2.75) is 13.0 Å². The largest absolute Gasteiger partial charge is 0.373 e. The minimum absolute atomic E-state index is 0. The maximum absolute atomic E-state index is 12.3. The maximum Gasteiger partial charge on any atom is 0.255 e. The Bertz CT molecular complexity index is 454. The van der Waals surface area contributed by atoms with Crippen molar-refractivity contribution in [2.24, 2.45) is 5.73 Å². The van der Waals surface area contributed by atoms with Crippen molar-refractivity contribution in [1.82, 2.24) is 4.90 Å². The van der Waals surface area contributed by atoms with E-state index in [9.17, 15) is 4.79 Å². The third-order valence-corrected chi connectivity index (χ3v) is 3.36. The van der Waals surface area contributed by atoms with Gasteiger partial charge >= 0.3 is 0 Å². The molecule has 0 spiro atoms. The molecule has 106 valence electrons. The molecule has 1 aliphatic rings. The zero-order valence-corrected chi connectivity index (χ0v) is 12.3. The van der Waals surface area contributed by atoms with Crippen LogP contribution in [0.3, 0.4) is 0 Å². The van der Waals surface area contributed by atoms with Crippen LogP contribution in [0.5, 0.6) is 0 Å². The molecule has 1 fully saturated rings. The fourth-order valence-electron chi connectivity index (χ4n) is 2.01. The van der Waals surface area contributed by atoms with Gasteiger partial charge in [0.25, 0.3) is 5.91 Å². The zero-order chi connectivity index (χ0) is 13.1. The number of benzene rings is 1. The Morgan fingerprint density at radius 1 is 1.58 bits per heavy atom. The van der Waals surface area contributed by atoms with Crippen molar-refractivity contribution in [3.05, 3.63) is 34.3 Å². The average Bonchev–Trinajstić information content (AvgIpc) is 2.38. The van der Waals surface area contributed by atoms with Crippen molar-refractivity contribution < 1.29 is 9.53 Å². The number of rotatable bonds is 2. The van der Waals surface area contributed by atoms with Crippen molar-refractivity contribution in [3.63, 3.8) is 0 Å². The number of hydrogen-bond acceptors (Lipinski definition) is 3. The molecule has 0 aromatic heterocycles. The summed E-state index contributed by atoms with van der Waals surface area (Å²) in [6.07, 6.45) is -0.0769. The number of morpholine rings is 1. The van der Waals surface area contributed by atoms with Crippen LogP contribution >= 0.6 is 24.0 Å². The van der Waals surface area contributed by atoms with Crippen LogP contribution in [0.2, 0.25) is 5.02 Å². The van der Waals surface area contributed by atoms with Gasteiger partial charge in [-0.15, -0.1) is 12.4 Å². The number of aryl methyl sites for hydroxylation is 1. The molecule has 19 heavy (non-hydrogen) atoms. The van der Waals surface area contributed by atoms with Crippen molar-refractivity contribution in [1.29, 1.82) is 0 Å². The van der Waals surface area contributed by atoms with Gasteiger partial charge in [-0.1, -0.05) is 17.7 Å². The van der Waals surface area contributed by atoms with Crippen molar-refractivity contribution >= 4 is 29.9 Å². The van der Waals surface area contributed by atoms with Crippen LogP contribution < -0.4 is 5.73 Å². The summed E-state index contributed by atoms with van der Waals surface area (Å²) in [5.41, 5.74) is 7.15. The minimum atomic E-state index is -0.0769. The Morgan fingerprint density at radius 2 is 2.32 bits per heavy atom. The van der Waals surface area contributed by atoms with Gasteiger partial charge in [0.1, 0.15) is 0 Å². The zero-order valence-electron chi connectivity index (χ0n) is 10.8. The second-order valence-electron chi connectivity index (χ2n) is 4.46. The molecule has 4 nitrogen and oxygen atoms in total. The molecule has 6 heteroatoms. The van der Waals surface area contributed by atoms with Crippen LogP contribution in [0.4, 0.5) is 0 Å². The Morgan fingerprint density at radius 3 is 2.95 bits per heavy atom. The van der Waals surface area contributed by atoms with E-state index >= 15 is 0 Å². The maximum atomic E-state index is 12.3. The smallest absolute Gasteiger partial charge is 0.255 e. The first kappa shape index (κ1) is 16.2. The fourth-order valence-corrected chi connectivity index (χ4v) is 2.33. The molecule has 1 atom stereocenters. The summed E-state index contributed by atoms with van der Waals surface area (Å²) >= 11 is 6.11. The predicted octanol–water partition coefficient (Wildman–Crippen LogP) is 1.87. The standard InChI is InChI=1S/C13H17ClN2O2.ClH/c1-9-2-3-11(12(14)6-9)13(17)16-4-5-18-10(7-15)8-16;/h2-3,6,10H,4-5,7-8,15H2,1H3;1H. The quantitative estimate of drug-likeness (QED) is 0.907. The molecule has 0 saturated carbocycles. The normalized spacial score (nSPS) is 18.9. The molecule has 1 aliphatic heterocycles. The summed E-state index contributed by atoms with van der Waals surface area (Å²) < 4.78 is 5.44. The molecule has 2 rings (SSSR count). The van der Waals surface area contributed by atoms with Gasteiger partial charge in [0, 0.05) is 19.6 Å². The highest BCUT2D eigenvalue weighted by Crippen LogP contribution is 2.20. The number of carbonyl (C=O) groups excluding carboxylic acids is 1. The summed E-state index contributed by atoms with van der Waals surface area (Å²) in [6.45, 7) is 4.00. The van der Waals surface area contributed by atoms with E-state index in [1.54, 1.807) is 17.0 Å². The second kappa shape index (κ2) is 7.10. The lowest BCUT2D eigenvalue weighted by atomic mass is 10.1. The highest BCUT2D eigenvalue weighted by atomic mass is 35.5. The van der Waals surface area contributed by atoms with Crippen LogP contribution in [-0.4, -0.2) is 43.2 Å². The Balaban J connectivity index is 0.00000180. The molecule has 1 aromatic rings. The van der Waals surface area contributed by atoms with Gasteiger partial charge < -0.3 is 15.4 Å². The van der Waals surface area contributed by atoms with E-state index in [2.05, 4.69) is 0 Å². The van der Waals surface area contributed by atoms with Gasteiger partial charge in [-0.3, -0.25) is 4.79 Å². The van der Waals surface area contributed by atoms with Gasteiger partial charge in [-0.25, -0.2) is 0 Å². The van der Waals surface area contributed by atoms with E-state index in [0.717, 1.165) is 5.56 Å². The molecular weight excluding hydrogens is 287 g/mol. The first-order valence-electron chi connectivity index (χ1n) is 5.99. The molecule has 1 saturated heterocycles. The van der Waals surface area contributed by atoms with Crippen LogP contribution in [0.1, 0.15) is 15.9 Å². The summed E-state index contributed by atoms with van der Waals surface area (Å²) in [7, 11) is 0. The number of ether oxygens (including phenoxy) is 1. The second-order valence-corrected chi connectivity index (χ2v) is 4.87. The highest BCUT2D eigenvalue weighted by molar-refractivity contribution is 6.33. The van der Waals surface area contributed by atoms with Gasteiger partial charge in [0.05, 0.1) is 23.3 Å². The van der Waals surface area contributed by atoms with E-state index in [0.29, 0.717) is 36.8 Å². The van der Waals surface area contributed by atoms with Crippen LogP contribution in [0, 0.1) is 6.92 Å². The van der Waals surface area contributed by atoms with Crippen molar-refractivity contribution in [3.8, 4) is 0 Å². The lowest BCUT2D eigenvalue weighted by molar-refractivity contribution is -0.0167. The average molecular weight is 305 g/mol. The Labute approximate surface area is 124 Å². The van der Waals surface area contributed by atoms with Crippen LogP contribution in [0.25, 0.3) is 0 Å². The predicted molar refractivity (Wildman–Crippen MR) is 78.1 cm³/mol. The van der Waals surface area contributed by atoms with Gasteiger partial charge in [-0.05, 0) is 24.6 Å². The lowest BCUT2D eigenvalue weighted by Crippen LogP contribution is -2.48. The third-order valence-electron chi connectivity index (χ3n) is 3.04. The van der Waals surface area contributed by atoms with Gasteiger partial charge in [0.2, 0.25) is 0 Å². The van der Waals surface area contributed by atoms with E-state index in [1.807, 2.05) is 13.0 Å². The molecular formula is C13H18Cl2N2O2. The number of nitrogens with two attached hydrogens (primary N) is 1. The molecule has 0 bridgehead atoms. The summed E-state index contributed by atoms with van der Waals surface area (Å²) in [4.78, 5) is 14.1. The molecule has 1 amide bonds. The molecule has 2 N–H and O–H groups in total. The Kier molecular flexibility index (Phi) is 6.07. The number of halogens is 2. The molecule has 1 unspecified atom stereocenters. The molecule has 1 aromatic carbocycles. The first-order chi connectivity index (χ1) is 8.61. The van der Waals surface area contributed by atoms with E-state index in [-0.39, 0.29) is 24.4 Å². The number of hydrogen-bond donors (Lipinski definition) is 1. The van der Waals surface area contributed by atoms with Crippen molar-refractivity contribution in [2.75, 3.05) is 26.2 Å². The number of carbonyl (C=O) groups is 1. The molecule has 0 aliphatic carbocycles. The lowest BCUT2D eigenvalue weighted by Gasteiger charge is -2.32. The van der Waals surface area contributed by atoms with Crippen LogP contribution in [0.15, 0.2) is 18.2 Å². The number of amides is 1. The molecule has 1 heterocycles. The van der Waals surface area contributed by atoms with Crippen LogP contribution in [-0.2, 0) is 4.74 Å². The summed E-state index contributed by atoms with van der Waals surface area (Å²) in [5, 5.41) is 0.496. The first-order valence-corrected chi connectivity index (χ1v) is 6.36. The third kappa shape index (κ3) is 3.83. The fraction of sp³-hybridized carbons (Fsp3) is 0.462. The summed E-state index contributed by atoms with van der Waals surface area (Å²) in [5.74, 6) is -0.0539.